The molecule has 1 heterocycles. The molecule has 0 aliphatic carbocycles. The predicted molar refractivity (Wildman–Crippen MR) is 71.6 cm³/mol. The molecule has 1 fully saturated rings. The third kappa shape index (κ3) is 5.00. The molecule has 0 aromatic rings. The zero-order valence-electron chi connectivity index (χ0n) is 11.1. The van der Waals surface area contributed by atoms with E-state index in [2.05, 4.69) is 4.72 Å². The molecular weight excluding hydrogens is 310 g/mol. The number of sulfonamides is 1. The number of hydrogen-bond acceptors (Lipinski definition) is 6. The van der Waals surface area contributed by atoms with Gasteiger partial charge < -0.3 is 9.84 Å². The topological polar surface area (TPSA) is 127 Å². The highest BCUT2D eigenvalue weighted by molar-refractivity contribution is 7.92. The van der Waals surface area contributed by atoms with Crippen molar-refractivity contribution in [1.82, 2.24) is 4.72 Å². The van der Waals surface area contributed by atoms with Crippen LogP contribution in [0, 0.1) is 0 Å². The van der Waals surface area contributed by atoms with Crippen LogP contribution in [-0.4, -0.2) is 64.4 Å². The lowest BCUT2D eigenvalue weighted by Crippen LogP contribution is -2.47. The molecule has 118 valence electrons. The Labute approximate surface area is 118 Å². The summed E-state index contributed by atoms with van der Waals surface area (Å²) in [5.41, 5.74) is 0. The van der Waals surface area contributed by atoms with Gasteiger partial charge >= 0.3 is 5.97 Å². The van der Waals surface area contributed by atoms with Crippen molar-refractivity contribution in [1.29, 1.82) is 0 Å². The number of aliphatic carboxylic acids is 1. The van der Waals surface area contributed by atoms with E-state index >= 15 is 0 Å². The van der Waals surface area contributed by atoms with E-state index in [1.54, 1.807) is 0 Å². The predicted octanol–water partition coefficient (Wildman–Crippen LogP) is -1.03. The van der Waals surface area contributed by atoms with Gasteiger partial charge in [0.05, 0.1) is 16.8 Å². The van der Waals surface area contributed by atoms with Crippen molar-refractivity contribution in [2.24, 2.45) is 0 Å². The first-order chi connectivity index (χ1) is 9.18. The smallest absolute Gasteiger partial charge is 0.321 e. The summed E-state index contributed by atoms with van der Waals surface area (Å²) in [4.78, 5) is 11.0. The van der Waals surface area contributed by atoms with E-state index in [0.717, 1.165) is 0 Å². The molecule has 2 N–H and O–H groups in total. The van der Waals surface area contributed by atoms with Crippen molar-refractivity contribution >= 4 is 25.8 Å². The largest absolute Gasteiger partial charge is 0.480 e. The van der Waals surface area contributed by atoms with Gasteiger partial charge in [0.1, 0.15) is 15.9 Å². The van der Waals surface area contributed by atoms with Crippen molar-refractivity contribution in [3.63, 3.8) is 0 Å². The molecule has 10 heteroatoms. The number of carboxylic acids is 1. The van der Waals surface area contributed by atoms with E-state index in [0.29, 0.717) is 0 Å². The van der Waals surface area contributed by atoms with E-state index in [4.69, 9.17) is 9.84 Å². The molecule has 0 radical (unpaired) electrons. The molecular formula is C10H19NO7S2. The van der Waals surface area contributed by atoms with Crippen molar-refractivity contribution in [2.45, 2.75) is 30.6 Å². The van der Waals surface area contributed by atoms with Crippen molar-refractivity contribution < 1.29 is 31.5 Å². The van der Waals surface area contributed by atoms with Crippen LogP contribution in [0.15, 0.2) is 0 Å². The Hall–Kier alpha value is -0.710. The van der Waals surface area contributed by atoms with E-state index < -0.39 is 37.1 Å². The molecule has 1 aliphatic rings. The molecule has 0 aromatic heterocycles. The van der Waals surface area contributed by atoms with Crippen LogP contribution in [0.3, 0.4) is 0 Å². The maximum atomic E-state index is 12.1. The molecule has 0 saturated carbocycles. The lowest BCUT2D eigenvalue weighted by Gasteiger charge is -2.24. The summed E-state index contributed by atoms with van der Waals surface area (Å²) in [6, 6.07) is -1.27. The van der Waals surface area contributed by atoms with Crippen LogP contribution in [0.5, 0.6) is 0 Å². The molecule has 0 amide bonds. The van der Waals surface area contributed by atoms with Crippen LogP contribution in [0.1, 0.15) is 19.3 Å². The van der Waals surface area contributed by atoms with Gasteiger partial charge in [0.2, 0.25) is 10.0 Å². The minimum absolute atomic E-state index is 0.00567. The molecule has 0 spiro atoms. The second-order valence-corrected chi connectivity index (χ2v) is 8.98. The number of hydrogen-bond donors (Lipinski definition) is 2. The molecule has 1 saturated heterocycles. The summed E-state index contributed by atoms with van der Waals surface area (Å²) < 4.78 is 53.5. The summed E-state index contributed by atoms with van der Waals surface area (Å²) in [5.74, 6) is -1.66. The monoisotopic (exact) mass is 329 g/mol. The first-order valence-electron chi connectivity index (χ1n) is 6.11. The van der Waals surface area contributed by atoms with Gasteiger partial charge in [-0.3, -0.25) is 4.79 Å². The normalized spacial score (nSPS) is 21.4. The van der Waals surface area contributed by atoms with Gasteiger partial charge in [0, 0.05) is 13.7 Å². The number of carboxylic acid groups (broad SMARTS) is 1. The number of nitrogens with one attached hydrogen (secondary N) is 1. The Morgan fingerprint density at radius 1 is 1.40 bits per heavy atom. The van der Waals surface area contributed by atoms with Crippen LogP contribution in [0.2, 0.25) is 0 Å². The van der Waals surface area contributed by atoms with Gasteiger partial charge in [-0.15, -0.1) is 0 Å². The zero-order chi connectivity index (χ0) is 15.4. The highest BCUT2D eigenvalue weighted by atomic mass is 32.2. The number of carbonyl (C=O) groups is 1. The Bertz CT molecular complexity index is 526. The van der Waals surface area contributed by atoms with Gasteiger partial charge in [-0.25, -0.2) is 21.6 Å². The molecule has 20 heavy (non-hydrogen) atoms. The fourth-order valence-electron chi connectivity index (χ4n) is 1.94. The SMILES string of the molecule is COCCC(NS(=O)(=O)C1CCS(=O)(=O)CC1)C(=O)O. The first-order valence-corrected chi connectivity index (χ1v) is 9.48. The number of methoxy groups -OCH3 is 1. The second-order valence-electron chi connectivity index (χ2n) is 4.69. The number of sulfone groups is 1. The highest BCUT2D eigenvalue weighted by Crippen LogP contribution is 2.19. The maximum Gasteiger partial charge on any atom is 0.321 e. The fourth-order valence-corrected chi connectivity index (χ4v) is 5.40. The van der Waals surface area contributed by atoms with E-state index in [1.165, 1.54) is 7.11 Å². The lowest BCUT2D eigenvalue weighted by molar-refractivity contribution is -0.139. The van der Waals surface area contributed by atoms with Crippen LogP contribution in [0.25, 0.3) is 0 Å². The fraction of sp³-hybridized carbons (Fsp3) is 0.900. The van der Waals surface area contributed by atoms with Gasteiger partial charge in [-0.2, -0.15) is 0 Å². The van der Waals surface area contributed by atoms with Crippen molar-refractivity contribution in [3.05, 3.63) is 0 Å². The Balaban J connectivity index is 2.70. The van der Waals surface area contributed by atoms with Crippen LogP contribution in [-0.2, 0) is 29.4 Å². The molecule has 0 aromatic carbocycles. The van der Waals surface area contributed by atoms with Gasteiger partial charge in [-0.1, -0.05) is 0 Å². The third-order valence-corrected chi connectivity index (χ3v) is 6.83. The lowest BCUT2D eigenvalue weighted by atomic mass is 10.2. The molecule has 1 unspecified atom stereocenters. The third-order valence-electron chi connectivity index (χ3n) is 3.16. The molecule has 8 nitrogen and oxygen atoms in total. The highest BCUT2D eigenvalue weighted by Gasteiger charge is 2.35. The summed E-state index contributed by atoms with van der Waals surface area (Å²) >= 11 is 0. The molecule has 1 rings (SSSR count). The Morgan fingerprint density at radius 2 is 1.95 bits per heavy atom. The van der Waals surface area contributed by atoms with Gasteiger partial charge in [0.15, 0.2) is 0 Å². The second kappa shape index (κ2) is 6.83. The summed E-state index contributed by atoms with van der Waals surface area (Å²) in [5, 5.41) is 8.10. The standard InChI is InChI=1S/C10H19NO7S2/c1-18-5-2-9(10(12)13)11-20(16,17)8-3-6-19(14,15)7-4-8/h8-9,11H,2-7H2,1H3,(H,12,13). The summed E-state index contributed by atoms with van der Waals surface area (Å²) in [7, 11) is -5.63. The maximum absolute atomic E-state index is 12.1. The molecule has 1 aliphatic heterocycles. The minimum Gasteiger partial charge on any atom is -0.480 e. The quantitative estimate of drug-likeness (QED) is 0.611. The number of ether oxygens (including phenoxy) is 1. The summed E-state index contributed by atoms with van der Waals surface area (Å²) in [6.45, 7) is 0.110. The van der Waals surface area contributed by atoms with Gasteiger partial charge in [-0.05, 0) is 19.3 Å². The van der Waals surface area contributed by atoms with E-state index in [-0.39, 0.29) is 37.4 Å². The molecule has 1 atom stereocenters. The van der Waals surface area contributed by atoms with E-state index in [9.17, 15) is 21.6 Å². The van der Waals surface area contributed by atoms with Crippen LogP contribution >= 0.6 is 0 Å². The average Bonchev–Trinajstić information content (AvgIpc) is 2.33. The molecule has 0 bridgehead atoms. The van der Waals surface area contributed by atoms with Crippen molar-refractivity contribution in [2.75, 3.05) is 25.2 Å². The Kier molecular flexibility index (Phi) is 5.92. The number of rotatable bonds is 7. The van der Waals surface area contributed by atoms with Crippen molar-refractivity contribution in [3.8, 4) is 0 Å². The zero-order valence-corrected chi connectivity index (χ0v) is 12.7. The minimum atomic E-state index is -3.86. The first kappa shape index (κ1) is 17.3. The van der Waals surface area contributed by atoms with E-state index in [1.807, 2.05) is 0 Å². The van der Waals surface area contributed by atoms with Gasteiger partial charge in [0.25, 0.3) is 0 Å². The van der Waals surface area contributed by atoms with Crippen LogP contribution < -0.4 is 4.72 Å². The average molecular weight is 329 g/mol. The van der Waals surface area contributed by atoms with Crippen LogP contribution in [0.4, 0.5) is 0 Å². The Morgan fingerprint density at radius 3 is 2.40 bits per heavy atom. The summed E-state index contributed by atoms with van der Waals surface area (Å²) in [6.07, 6.45) is -0.00134.